The third-order valence-corrected chi connectivity index (χ3v) is 4.46. The van der Waals surface area contributed by atoms with Crippen LogP contribution in [-0.4, -0.2) is 90.5 Å². The minimum absolute atomic E-state index is 0.613. The summed E-state index contributed by atoms with van der Waals surface area (Å²) in [4.78, 5) is 0. The fourth-order valence-corrected chi connectivity index (χ4v) is 2.76. The molecule has 0 aromatic rings. The van der Waals surface area contributed by atoms with E-state index in [1.807, 2.05) is 11.8 Å². The molecule has 7 heteroatoms. The average molecular weight is 395 g/mol. The highest BCUT2D eigenvalue weighted by Gasteiger charge is 1.94. The van der Waals surface area contributed by atoms with Gasteiger partial charge >= 0.3 is 0 Å². The molecule has 0 aromatic carbocycles. The van der Waals surface area contributed by atoms with E-state index in [4.69, 9.17) is 18.9 Å². The third-order valence-electron chi connectivity index (χ3n) is 3.51. The van der Waals surface area contributed by atoms with Crippen molar-refractivity contribution in [2.75, 3.05) is 90.5 Å². The fraction of sp³-hybridized carbons (Fsp3) is 1.00. The zero-order valence-electron chi connectivity index (χ0n) is 17.1. The number of unbranched alkanes of at least 4 members (excludes halogenated alkanes) is 1. The number of ether oxygens (including phenoxy) is 4. The highest BCUT2D eigenvalue weighted by Crippen LogP contribution is 1.98. The lowest BCUT2D eigenvalue weighted by Crippen LogP contribution is -2.18. The van der Waals surface area contributed by atoms with Crippen LogP contribution in [-0.2, 0) is 18.9 Å². The van der Waals surface area contributed by atoms with Crippen molar-refractivity contribution in [3.05, 3.63) is 0 Å². The monoisotopic (exact) mass is 394 g/mol. The Morgan fingerprint density at radius 2 is 1.15 bits per heavy atom. The Morgan fingerprint density at radius 3 is 1.77 bits per heavy atom. The lowest BCUT2D eigenvalue weighted by molar-refractivity contribution is -0.000399. The SMILES string of the molecule is CCCCNCCSCCOCCOCCOCCOCCCNCC. The molecule has 0 spiro atoms. The quantitative estimate of drug-likeness (QED) is 0.258. The van der Waals surface area contributed by atoms with Crippen molar-refractivity contribution in [3.8, 4) is 0 Å². The molecular weight excluding hydrogens is 352 g/mol. The number of hydrogen-bond donors (Lipinski definition) is 2. The van der Waals surface area contributed by atoms with Crippen molar-refractivity contribution >= 4 is 11.8 Å². The second-order valence-corrected chi connectivity index (χ2v) is 7.10. The van der Waals surface area contributed by atoms with Gasteiger partial charge in [-0.1, -0.05) is 20.3 Å². The van der Waals surface area contributed by atoms with E-state index in [0.717, 1.165) is 57.3 Å². The van der Waals surface area contributed by atoms with Gasteiger partial charge in [-0.05, 0) is 32.5 Å². The molecule has 0 unspecified atom stereocenters. The zero-order valence-corrected chi connectivity index (χ0v) is 17.9. The Hall–Kier alpha value is 0.110. The normalized spacial score (nSPS) is 11.3. The van der Waals surface area contributed by atoms with Crippen LogP contribution in [0, 0.1) is 0 Å². The maximum absolute atomic E-state index is 5.55. The summed E-state index contributed by atoms with van der Waals surface area (Å²) in [5.74, 6) is 2.20. The van der Waals surface area contributed by atoms with Crippen molar-refractivity contribution in [1.82, 2.24) is 10.6 Å². The Labute approximate surface area is 165 Å². The van der Waals surface area contributed by atoms with Crippen LogP contribution in [0.1, 0.15) is 33.1 Å². The smallest absolute Gasteiger partial charge is 0.0701 e. The van der Waals surface area contributed by atoms with Gasteiger partial charge < -0.3 is 29.6 Å². The molecule has 6 nitrogen and oxygen atoms in total. The molecule has 0 bridgehead atoms. The first kappa shape index (κ1) is 26.1. The van der Waals surface area contributed by atoms with Crippen LogP contribution in [0.2, 0.25) is 0 Å². The summed E-state index contributed by atoms with van der Waals surface area (Å²) in [6, 6.07) is 0. The minimum atomic E-state index is 0.613. The molecule has 2 N–H and O–H groups in total. The standard InChI is InChI=1S/C19H42N2O4S/c1-3-5-7-21-9-18-26-19-17-25-16-15-24-14-13-23-12-11-22-10-6-8-20-4-2/h20-21H,3-19H2,1-2H3. The average Bonchev–Trinajstić information content (AvgIpc) is 2.66. The summed E-state index contributed by atoms with van der Waals surface area (Å²) in [6.07, 6.45) is 3.57. The molecule has 0 saturated carbocycles. The minimum Gasteiger partial charge on any atom is -0.379 e. The van der Waals surface area contributed by atoms with Gasteiger partial charge in [-0.2, -0.15) is 11.8 Å². The van der Waals surface area contributed by atoms with Gasteiger partial charge in [0.15, 0.2) is 0 Å². The Kier molecular flexibility index (Phi) is 25.2. The van der Waals surface area contributed by atoms with Crippen LogP contribution in [0.15, 0.2) is 0 Å². The van der Waals surface area contributed by atoms with Crippen molar-refractivity contribution in [1.29, 1.82) is 0 Å². The van der Waals surface area contributed by atoms with Crippen LogP contribution in [0.25, 0.3) is 0 Å². The van der Waals surface area contributed by atoms with Crippen LogP contribution >= 0.6 is 11.8 Å². The molecule has 0 amide bonds. The van der Waals surface area contributed by atoms with E-state index in [-0.39, 0.29) is 0 Å². The van der Waals surface area contributed by atoms with Gasteiger partial charge in [0, 0.05) is 24.7 Å². The molecule has 0 rings (SSSR count). The first-order valence-corrected chi connectivity index (χ1v) is 11.4. The molecule has 0 aliphatic carbocycles. The predicted octanol–water partition coefficient (Wildman–Crippen LogP) is 2.18. The van der Waals surface area contributed by atoms with Crippen LogP contribution < -0.4 is 10.6 Å². The summed E-state index contributed by atoms with van der Waals surface area (Å²) in [5, 5.41) is 6.71. The highest BCUT2D eigenvalue weighted by molar-refractivity contribution is 7.99. The van der Waals surface area contributed by atoms with E-state index in [1.165, 1.54) is 12.8 Å². The van der Waals surface area contributed by atoms with Crippen LogP contribution in [0.4, 0.5) is 0 Å². The molecule has 0 aromatic heterocycles. The molecule has 0 radical (unpaired) electrons. The van der Waals surface area contributed by atoms with Gasteiger partial charge in [0.05, 0.1) is 46.2 Å². The molecule has 0 heterocycles. The first-order valence-electron chi connectivity index (χ1n) is 10.2. The second kappa shape index (κ2) is 25.1. The third kappa shape index (κ3) is 24.1. The zero-order chi connectivity index (χ0) is 19.0. The maximum atomic E-state index is 5.55. The summed E-state index contributed by atoms with van der Waals surface area (Å²) in [6.45, 7) is 14.0. The summed E-state index contributed by atoms with van der Waals surface area (Å²) in [5.41, 5.74) is 0. The van der Waals surface area contributed by atoms with Gasteiger partial charge in [-0.15, -0.1) is 0 Å². The lowest BCUT2D eigenvalue weighted by atomic mass is 10.3. The summed E-state index contributed by atoms with van der Waals surface area (Å²) in [7, 11) is 0. The first-order chi connectivity index (χ1) is 12.9. The Morgan fingerprint density at radius 1 is 0.577 bits per heavy atom. The molecule has 0 aliphatic heterocycles. The van der Waals surface area contributed by atoms with Gasteiger partial charge in [-0.25, -0.2) is 0 Å². The molecule has 0 atom stereocenters. The van der Waals surface area contributed by atoms with Gasteiger partial charge in [0.25, 0.3) is 0 Å². The van der Waals surface area contributed by atoms with E-state index in [0.29, 0.717) is 39.6 Å². The molecule has 0 saturated heterocycles. The number of rotatable bonds is 23. The van der Waals surface area contributed by atoms with E-state index in [9.17, 15) is 0 Å². The largest absolute Gasteiger partial charge is 0.379 e. The summed E-state index contributed by atoms with van der Waals surface area (Å²) >= 11 is 1.93. The molecular formula is C19H42N2O4S. The van der Waals surface area contributed by atoms with Crippen LogP contribution in [0.5, 0.6) is 0 Å². The van der Waals surface area contributed by atoms with E-state index in [1.54, 1.807) is 0 Å². The highest BCUT2D eigenvalue weighted by atomic mass is 32.2. The maximum Gasteiger partial charge on any atom is 0.0701 e. The van der Waals surface area contributed by atoms with Gasteiger partial charge in [0.1, 0.15) is 0 Å². The number of nitrogens with one attached hydrogen (secondary N) is 2. The van der Waals surface area contributed by atoms with E-state index in [2.05, 4.69) is 24.5 Å². The molecule has 0 fully saturated rings. The van der Waals surface area contributed by atoms with Crippen molar-refractivity contribution in [2.45, 2.75) is 33.1 Å². The number of hydrogen-bond acceptors (Lipinski definition) is 7. The Bertz CT molecular complexity index is 228. The molecule has 158 valence electrons. The van der Waals surface area contributed by atoms with Crippen molar-refractivity contribution < 1.29 is 18.9 Å². The fourth-order valence-electron chi connectivity index (χ4n) is 2.03. The van der Waals surface area contributed by atoms with Gasteiger partial charge in [-0.3, -0.25) is 0 Å². The van der Waals surface area contributed by atoms with E-state index >= 15 is 0 Å². The Balaban J connectivity index is 2.95. The summed E-state index contributed by atoms with van der Waals surface area (Å²) < 4.78 is 21.9. The topological polar surface area (TPSA) is 61.0 Å². The lowest BCUT2D eigenvalue weighted by Gasteiger charge is -2.08. The van der Waals surface area contributed by atoms with Gasteiger partial charge in [0.2, 0.25) is 0 Å². The predicted molar refractivity (Wildman–Crippen MR) is 112 cm³/mol. The molecule has 0 aliphatic rings. The van der Waals surface area contributed by atoms with Crippen molar-refractivity contribution in [2.24, 2.45) is 0 Å². The second-order valence-electron chi connectivity index (χ2n) is 5.87. The van der Waals surface area contributed by atoms with Crippen LogP contribution in [0.3, 0.4) is 0 Å². The van der Waals surface area contributed by atoms with E-state index < -0.39 is 0 Å². The molecule has 26 heavy (non-hydrogen) atoms. The van der Waals surface area contributed by atoms with Crippen molar-refractivity contribution in [3.63, 3.8) is 0 Å². The number of thioether (sulfide) groups is 1.